The third-order valence-corrected chi connectivity index (χ3v) is 5.11. The molecule has 4 atom stereocenters. The van der Waals surface area contributed by atoms with Crippen molar-refractivity contribution in [1.29, 1.82) is 0 Å². The number of carbonyl (C=O) groups is 3. The predicted octanol–water partition coefficient (Wildman–Crippen LogP) is 1.54. The first-order valence-corrected chi connectivity index (χ1v) is 8.20. The fourth-order valence-corrected chi connectivity index (χ4v) is 4.05. The van der Waals surface area contributed by atoms with Crippen LogP contribution >= 0.6 is 0 Å². The van der Waals surface area contributed by atoms with Crippen LogP contribution in [0.5, 0.6) is 5.75 Å². The summed E-state index contributed by atoms with van der Waals surface area (Å²) in [4.78, 5) is 37.4. The van der Waals surface area contributed by atoms with E-state index < -0.39 is 5.91 Å². The summed E-state index contributed by atoms with van der Waals surface area (Å²) in [5.41, 5.74) is 2.84. The molecule has 3 aliphatic rings. The first-order valence-electron chi connectivity index (χ1n) is 8.20. The number of nitrogens with one attached hydrogen (secondary N) is 1. The molecule has 1 heterocycles. The van der Waals surface area contributed by atoms with E-state index >= 15 is 0 Å². The lowest BCUT2D eigenvalue weighted by Crippen LogP contribution is -2.47. The van der Waals surface area contributed by atoms with E-state index in [0.29, 0.717) is 17.9 Å². The van der Waals surface area contributed by atoms with Gasteiger partial charge in [0.05, 0.1) is 18.4 Å². The summed E-state index contributed by atoms with van der Waals surface area (Å²) in [5.74, 6) is -0.754. The number of hydrazine groups is 1. The zero-order valence-electron chi connectivity index (χ0n) is 13.3. The van der Waals surface area contributed by atoms with Crippen molar-refractivity contribution in [3.05, 3.63) is 42.0 Å². The van der Waals surface area contributed by atoms with Crippen LogP contribution in [0, 0.1) is 23.7 Å². The molecule has 1 N–H and O–H groups in total. The number of ether oxygens (including phenoxy) is 1. The summed E-state index contributed by atoms with van der Waals surface area (Å²) in [7, 11) is 0. The first-order chi connectivity index (χ1) is 11.6. The highest BCUT2D eigenvalue weighted by Crippen LogP contribution is 2.52. The van der Waals surface area contributed by atoms with Crippen LogP contribution in [0.3, 0.4) is 0 Å². The van der Waals surface area contributed by atoms with E-state index in [4.69, 9.17) is 4.74 Å². The zero-order chi connectivity index (χ0) is 16.8. The minimum absolute atomic E-state index is 0.129. The predicted molar refractivity (Wildman–Crippen MR) is 84.6 cm³/mol. The summed E-state index contributed by atoms with van der Waals surface area (Å²) in [6.45, 7) is 2.42. The van der Waals surface area contributed by atoms with E-state index in [0.717, 1.165) is 11.4 Å². The van der Waals surface area contributed by atoms with Gasteiger partial charge in [-0.15, -0.1) is 0 Å². The molecule has 2 bridgehead atoms. The Morgan fingerprint density at radius 1 is 1.12 bits per heavy atom. The molecule has 6 nitrogen and oxygen atoms in total. The van der Waals surface area contributed by atoms with Crippen LogP contribution in [0.25, 0.3) is 0 Å². The molecule has 2 aliphatic carbocycles. The number of rotatable bonds is 4. The Kier molecular flexibility index (Phi) is 3.40. The second-order valence-electron chi connectivity index (χ2n) is 6.41. The minimum atomic E-state index is -0.472. The van der Waals surface area contributed by atoms with Gasteiger partial charge in [0, 0.05) is 5.56 Å². The van der Waals surface area contributed by atoms with Crippen molar-refractivity contribution in [3.63, 3.8) is 0 Å². The average Bonchev–Trinajstić information content (AvgIpc) is 3.26. The maximum Gasteiger partial charge on any atom is 0.270 e. The van der Waals surface area contributed by atoms with E-state index in [1.54, 1.807) is 24.3 Å². The van der Waals surface area contributed by atoms with Crippen molar-refractivity contribution in [2.24, 2.45) is 23.7 Å². The van der Waals surface area contributed by atoms with Gasteiger partial charge in [-0.05, 0) is 49.4 Å². The number of carbonyl (C=O) groups excluding carboxylic acids is 3. The summed E-state index contributed by atoms with van der Waals surface area (Å²) < 4.78 is 5.33. The smallest absolute Gasteiger partial charge is 0.270 e. The summed E-state index contributed by atoms with van der Waals surface area (Å²) in [6, 6.07) is 6.59. The van der Waals surface area contributed by atoms with E-state index in [9.17, 15) is 14.4 Å². The molecule has 1 aromatic carbocycles. The highest BCUT2D eigenvalue weighted by molar-refractivity contribution is 6.08. The molecule has 1 saturated carbocycles. The van der Waals surface area contributed by atoms with E-state index in [2.05, 4.69) is 5.43 Å². The van der Waals surface area contributed by atoms with Crippen molar-refractivity contribution in [3.8, 4) is 5.75 Å². The van der Waals surface area contributed by atoms with Crippen molar-refractivity contribution in [1.82, 2.24) is 10.4 Å². The van der Waals surface area contributed by atoms with Gasteiger partial charge in [-0.2, -0.15) is 5.01 Å². The number of amides is 3. The van der Waals surface area contributed by atoms with Gasteiger partial charge < -0.3 is 4.74 Å². The summed E-state index contributed by atoms with van der Waals surface area (Å²) >= 11 is 0. The fourth-order valence-electron chi connectivity index (χ4n) is 4.05. The van der Waals surface area contributed by atoms with Crippen molar-refractivity contribution in [2.45, 2.75) is 13.3 Å². The second-order valence-corrected chi connectivity index (χ2v) is 6.41. The quantitative estimate of drug-likeness (QED) is 0.673. The fraction of sp³-hybridized carbons (Fsp3) is 0.389. The van der Waals surface area contributed by atoms with Gasteiger partial charge in [-0.25, -0.2) is 0 Å². The van der Waals surface area contributed by atoms with Crippen LogP contribution in [-0.4, -0.2) is 29.3 Å². The molecular weight excluding hydrogens is 308 g/mol. The molecule has 2 fully saturated rings. The van der Waals surface area contributed by atoms with Gasteiger partial charge in [0.25, 0.3) is 17.7 Å². The molecule has 1 aliphatic heterocycles. The van der Waals surface area contributed by atoms with Crippen molar-refractivity contribution in [2.75, 3.05) is 6.61 Å². The van der Waals surface area contributed by atoms with Crippen LogP contribution in [0.15, 0.2) is 36.4 Å². The van der Waals surface area contributed by atoms with Crippen molar-refractivity contribution >= 4 is 17.7 Å². The second kappa shape index (κ2) is 5.47. The molecule has 0 aromatic heterocycles. The van der Waals surface area contributed by atoms with Crippen molar-refractivity contribution < 1.29 is 19.1 Å². The number of hydrogen-bond donors (Lipinski definition) is 1. The Hall–Kier alpha value is -2.63. The lowest BCUT2D eigenvalue weighted by molar-refractivity contribution is -0.143. The Labute approximate surface area is 139 Å². The van der Waals surface area contributed by atoms with E-state index in [-0.39, 0.29) is 35.5 Å². The third kappa shape index (κ3) is 2.13. The van der Waals surface area contributed by atoms with Gasteiger partial charge in [0.1, 0.15) is 5.75 Å². The lowest BCUT2D eigenvalue weighted by atomic mass is 9.85. The molecule has 1 saturated heterocycles. The molecule has 24 heavy (non-hydrogen) atoms. The number of benzene rings is 1. The van der Waals surface area contributed by atoms with Crippen LogP contribution in [0.2, 0.25) is 0 Å². The van der Waals surface area contributed by atoms with Crippen LogP contribution in [0.1, 0.15) is 23.7 Å². The van der Waals surface area contributed by atoms with Crippen LogP contribution in [0.4, 0.5) is 0 Å². The SMILES string of the molecule is CCOc1ccc(C(=O)NN2C(=O)[C@@H]3[C@@H](C2=O)[C@@H]2C=C[C@@H]3C2)cc1. The Morgan fingerprint density at radius 3 is 2.25 bits per heavy atom. The van der Waals surface area contributed by atoms with Gasteiger partial charge in [0.2, 0.25) is 0 Å². The standard InChI is InChI=1S/C18H18N2O4/c1-2-24-13-7-5-10(6-8-13)16(21)19-20-17(22)14-11-3-4-12(9-11)15(14)18(20)23/h3-8,11-12,14-15H,2,9H2,1H3,(H,19,21)/t11-,12-,14+,15+/m1/s1. The third-order valence-electron chi connectivity index (χ3n) is 5.11. The molecule has 0 spiro atoms. The highest BCUT2D eigenvalue weighted by Gasteiger charge is 2.59. The molecule has 0 radical (unpaired) electrons. The monoisotopic (exact) mass is 326 g/mol. The number of fused-ring (bicyclic) bond motifs is 5. The maximum absolute atomic E-state index is 12.5. The molecule has 3 amide bonds. The molecule has 6 heteroatoms. The molecular formula is C18H18N2O4. The number of allylic oxidation sites excluding steroid dienone is 2. The number of nitrogens with zero attached hydrogens (tertiary/aromatic N) is 1. The summed E-state index contributed by atoms with van der Waals surface area (Å²) in [5, 5.41) is 0.917. The van der Waals surface area contributed by atoms with Gasteiger partial charge >= 0.3 is 0 Å². The normalized spacial score (nSPS) is 30.0. The van der Waals surface area contributed by atoms with Gasteiger partial charge in [-0.3, -0.25) is 19.8 Å². The minimum Gasteiger partial charge on any atom is -0.494 e. The van der Waals surface area contributed by atoms with Gasteiger partial charge in [-0.1, -0.05) is 12.2 Å². The Morgan fingerprint density at radius 2 is 1.71 bits per heavy atom. The lowest BCUT2D eigenvalue weighted by Gasteiger charge is -2.18. The number of imide groups is 1. The summed E-state index contributed by atoms with van der Waals surface area (Å²) in [6.07, 6.45) is 4.91. The molecule has 0 unspecified atom stereocenters. The largest absolute Gasteiger partial charge is 0.494 e. The molecule has 1 aromatic rings. The highest BCUT2D eigenvalue weighted by atomic mass is 16.5. The maximum atomic E-state index is 12.5. The van der Waals surface area contributed by atoms with E-state index in [1.807, 2.05) is 19.1 Å². The van der Waals surface area contributed by atoms with Crippen LogP contribution < -0.4 is 10.2 Å². The topological polar surface area (TPSA) is 75.7 Å². The average molecular weight is 326 g/mol. The number of hydrogen-bond acceptors (Lipinski definition) is 4. The van der Waals surface area contributed by atoms with E-state index in [1.165, 1.54) is 0 Å². The Bertz CT molecular complexity index is 710. The zero-order valence-corrected chi connectivity index (χ0v) is 13.3. The van der Waals surface area contributed by atoms with Crippen LogP contribution in [-0.2, 0) is 9.59 Å². The molecule has 124 valence electrons. The Balaban J connectivity index is 1.48. The molecule has 4 rings (SSSR count). The van der Waals surface area contributed by atoms with Gasteiger partial charge in [0.15, 0.2) is 0 Å². The first kappa shape index (κ1) is 14.9.